The fourth-order valence-electron chi connectivity index (χ4n) is 1.70. The summed E-state index contributed by atoms with van der Waals surface area (Å²) >= 11 is 3.39. The molecule has 0 fully saturated rings. The van der Waals surface area contributed by atoms with E-state index in [2.05, 4.69) is 33.7 Å². The Labute approximate surface area is 114 Å². The van der Waals surface area contributed by atoms with Crippen molar-refractivity contribution in [1.29, 1.82) is 0 Å². The number of aromatic nitrogens is 2. The monoisotopic (exact) mass is 275 g/mol. The molecule has 0 aliphatic heterocycles. The summed E-state index contributed by atoms with van der Waals surface area (Å²) in [5, 5.41) is 7.50. The topological polar surface area (TPSA) is 37.8 Å². The fraction of sp³-hybridized carbons (Fsp3) is 0.231. The zero-order valence-electron chi connectivity index (χ0n) is 10.0. The normalized spacial score (nSPS) is 11.2. The molecule has 2 heterocycles. The van der Waals surface area contributed by atoms with E-state index in [1.165, 1.54) is 4.70 Å². The molecule has 2 aromatic heterocycles. The van der Waals surface area contributed by atoms with Crippen molar-refractivity contribution in [3.05, 3.63) is 34.7 Å². The Balaban J connectivity index is 1.91. The lowest BCUT2D eigenvalue weighted by molar-refractivity contribution is 0.723. The molecule has 0 bridgehead atoms. The molecule has 0 atom stereocenters. The second-order valence-electron chi connectivity index (χ2n) is 3.89. The number of thiazole rings is 2. The van der Waals surface area contributed by atoms with Gasteiger partial charge in [-0.05, 0) is 18.7 Å². The molecule has 0 aliphatic carbocycles. The maximum Gasteiger partial charge on any atom is 0.143 e. The molecule has 3 aromatic rings. The van der Waals surface area contributed by atoms with Crippen LogP contribution in [0.1, 0.15) is 11.9 Å². The van der Waals surface area contributed by atoms with Crippen molar-refractivity contribution in [3.8, 4) is 10.7 Å². The van der Waals surface area contributed by atoms with Gasteiger partial charge in [-0.3, -0.25) is 0 Å². The van der Waals surface area contributed by atoms with Gasteiger partial charge in [-0.2, -0.15) is 0 Å². The standard InChI is InChI=1S/C13H13N3S2/c1-2-14-7-12-15-10(8-17-12)13-16-9-5-3-4-6-11(9)18-13/h3-6,8,14H,2,7H2,1H3. The molecule has 3 rings (SSSR count). The Morgan fingerprint density at radius 2 is 2.11 bits per heavy atom. The third-order valence-electron chi connectivity index (χ3n) is 2.59. The maximum atomic E-state index is 4.62. The smallest absolute Gasteiger partial charge is 0.143 e. The van der Waals surface area contributed by atoms with Gasteiger partial charge in [0.15, 0.2) is 0 Å². The zero-order valence-corrected chi connectivity index (χ0v) is 11.6. The first-order valence-electron chi connectivity index (χ1n) is 5.88. The second-order valence-corrected chi connectivity index (χ2v) is 5.87. The van der Waals surface area contributed by atoms with E-state index in [1.807, 2.05) is 18.2 Å². The SMILES string of the molecule is CCNCc1nc(-c2nc3ccccc3s2)cs1. The second kappa shape index (κ2) is 5.14. The van der Waals surface area contributed by atoms with Gasteiger partial charge < -0.3 is 5.32 Å². The summed E-state index contributed by atoms with van der Waals surface area (Å²) in [4.78, 5) is 9.24. The van der Waals surface area contributed by atoms with E-state index in [1.54, 1.807) is 22.7 Å². The molecule has 1 aromatic carbocycles. The van der Waals surface area contributed by atoms with Crippen molar-refractivity contribution in [2.75, 3.05) is 6.54 Å². The van der Waals surface area contributed by atoms with E-state index in [0.29, 0.717) is 0 Å². The van der Waals surface area contributed by atoms with Gasteiger partial charge in [-0.15, -0.1) is 22.7 Å². The summed E-state index contributed by atoms with van der Waals surface area (Å²) in [5.41, 5.74) is 2.05. The summed E-state index contributed by atoms with van der Waals surface area (Å²) in [6.45, 7) is 3.91. The molecule has 0 spiro atoms. The molecule has 3 nitrogen and oxygen atoms in total. The highest BCUT2D eigenvalue weighted by Crippen LogP contribution is 2.30. The molecule has 0 aliphatic rings. The summed E-state index contributed by atoms with van der Waals surface area (Å²) < 4.78 is 1.22. The molecule has 0 saturated heterocycles. The van der Waals surface area contributed by atoms with Crippen LogP contribution >= 0.6 is 22.7 Å². The van der Waals surface area contributed by atoms with Crippen molar-refractivity contribution in [1.82, 2.24) is 15.3 Å². The van der Waals surface area contributed by atoms with Crippen LogP contribution < -0.4 is 5.32 Å². The third kappa shape index (κ3) is 2.29. The summed E-state index contributed by atoms with van der Waals surface area (Å²) in [5.74, 6) is 0. The lowest BCUT2D eigenvalue weighted by Crippen LogP contribution is -2.11. The first-order chi connectivity index (χ1) is 8.86. The minimum atomic E-state index is 0.839. The van der Waals surface area contributed by atoms with Crippen LogP contribution in [0.4, 0.5) is 0 Å². The van der Waals surface area contributed by atoms with Crippen LogP contribution in [-0.2, 0) is 6.54 Å². The molecular weight excluding hydrogens is 262 g/mol. The van der Waals surface area contributed by atoms with Gasteiger partial charge in [-0.25, -0.2) is 9.97 Å². The van der Waals surface area contributed by atoms with Crippen LogP contribution in [0.5, 0.6) is 0 Å². The van der Waals surface area contributed by atoms with E-state index in [-0.39, 0.29) is 0 Å². The molecule has 0 saturated carbocycles. The lowest BCUT2D eigenvalue weighted by atomic mass is 10.3. The van der Waals surface area contributed by atoms with E-state index in [0.717, 1.165) is 34.3 Å². The fourth-order valence-corrected chi connectivity index (χ4v) is 3.45. The number of para-hydroxylation sites is 1. The minimum Gasteiger partial charge on any atom is -0.311 e. The molecule has 0 unspecified atom stereocenters. The van der Waals surface area contributed by atoms with E-state index in [4.69, 9.17) is 0 Å². The zero-order chi connectivity index (χ0) is 12.4. The van der Waals surface area contributed by atoms with Gasteiger partial charge in [0.2, 0.25) is 0 Å². The highest BCUT2D eigenvalue weighted by Gasteiger charge is 2.09. The van der Waals surface area contributed by atoms with E-state index < -0.39 is 0 Å². The molecule has 0 radical (unpaired) electrons. The molecule has 5 heteroatoms. The van der Waals surface area contributed by atoms with Gasteiger partial charge >= 0.3 is 0 Å². The molecule has 18 heavy (non-hydrogen) atoms. The highest BCUT2D eigenvalue weighted by molar-refractivity contribution is 7.21. The molecular formula is C13H13N3S2. The highest BCUT2D eigenvalue weighted by atomic mass is 32.1. The summed E-state index contributed by atoms with van der Waals surface area (Å²) in [6.07, 6.45) is 0. The van der Waals surface area contributed by atoms with Crippen LogP contribution in [-0.4, -0.2) is 16.5 Å². The average molecular weight is 275 g/mol. The number of nitrogens with one attached hydrogen (secondary N) is 1. The number of rotatable bonds is 4. The van der Waals surface area contributed by atoms with Gasteiger partial charge in [0.1, 0.15) is 15.7 Å². The number of hydrogen-bond acceptors (Lipinski definition) is 5. The van der Waals surface area contributed by atoms with Crippen LogP contribution in [0.2, 0.25) is 0 Å². The predicted molar refractivity (Wildman–Crippen MR) is 78.1 cm³/mol. The predicted octanol–water partition coefficient (Wildman–Crippen LogP) is 3.53. The van der Waals surface area contributed by atoms with Crippen LogP contribution in [0.15, 0.2) is 29.6 Å². The quantitative estimate of drug-likeness (QED) is 0.791. The third-order valence-corrected chi connectivity index (χ3v) is 4.50. The van der Waals surface area contributed by atoms with Gasteiger partial charge in [0.25, 0.3) is 0 Å². The first-order valence-corrected chi connectivity index (χ1v) is 7.57. The average Bonchev–Trinajstić information content (AvgIpc) is 3.02. The van der Waals surface area contributed by atoms with E-state index >= 15 is 0 Å². The minimum absolute atomic E-state index is 0.839. The van der Waals surface area contributed by atoms with Crippen molar-refractivity contribution < 1.29 is 0 Å². The van der Waals surface area contributed by atoms with Gasteiger partial charge in [0, 0.05) is 11.9 Å². The lowest BCUT2D eigenvalue weighted by Gasteiger charge is -1.94. The Morgan fingerprint density at radius 1 is 1.22 bits per heavy atom. The van der Waals surface area contributed by atoms with Crippen LogP contribution in [0, 0.1) is 0 Å². The largest absolute Gasteiger partial charge is 0.311 e. The summed E-state index contributed by atoms with van der Waals surface area (Å²) in [6, 6.07) is 8.20. The van der Waals surface area contributed by atoms with Crippen LogP contribution in [0.3, 0.4) is 0 Å². The van der Waals surface area contributed by atoms with Crippen LogP contribution in [0.25, 0.3) is 20.9 Å². The van der Waals surface area contributed by atoms with Gasteiger partial charge in [-0.1, -0.05) is 19.1 Å². The van der Waals surface area contributed by atoms with Crippen molar-refractivity contribution in [2.45, 2.75) is 13.5 Å². The Hall–Kier alpha value is -1.30. The number of nitrogens with zero attached hydrogens (tertiary/aromatic N) is 2. The van der Waals surface area contributed by atoms with Gasteiger partial charge in [0.05, 0.1) is 10.2 Å². The maximum absolute atomic E-state index is 4.62. The Bertz CT molecular complexity index is 624. The molecule has 0 amide bonds. The van der Waals surface area contributed by atoms with Crippen molar-refractivity contribution in [2.24, 2.45) is 0 Å². The van der Waals surface area contributed by atoms with Crippen molar-refractivity contribution in [3.63, 3.8) is 0 Å². The molecule has 92 valence electrons. The first kappa shape index (κ1) is 11.8. The number of fused-ring (bicyclic) bond motifs is 1. The Morgan fingerprint density at radius 3 is 2.94 bits per heavy atom. The molecule has 1 N–H and O–H groups in total. The van der Waals surface area contributed by atoms with E-state index in [9.17, 15) is 0 Å². The van der Waals surface area contributed by atoms with Crippen molar-refractivity contribution >= 4 is 32.9 Å². The summed E-state index contributed by atoms with van der Waals surface area (Å²) in [7, 11) is 0. The Kier molecular flexibility index (Phi) is 3.36. The number of benzene rings is 1. The number of hydrogen-bond donors (Lipinski definition) is 1.